The van der Waals surface area contributed by atoms with Crippen molar-refractivity contribution in [2.45, 2.75) is 0 Å². The van der Waals surface area contributed by atoms with E-state index in [9.17, 15) is 0 Å². The zero-order valence-electron chi connectivity index (χ0n) is 7.20. The van der Waals surface area contributed by atoms with Crippen molar-refractivity contribution < 1.29 is 39.6 Å². The van der Waals surface area contributed by atoms with E-state index < -0.39 is 12.6 Å². The molecule has 84 valence electrons. The van der Waals surface area contributed by atoms with Crippen LogP contribution in [0.1, 0.15) is 0 Å². The maximum absolute atomic E-state index is 9.12. The summed E-state index contributed by atoms with van der Waals surface area (Å²) in [5.41, 5.74) is 0. The molecule has 0 heterocycles. The first-order valence-corrected chi connectivity index (χ1v) is 2.84. The maximum Gasteiger partial charge on any atom is 0.329 e. The highest BCUT2D eigenvalue weighted by Crippen LogP contribution is 1.48. The lowest BCUT2D eigenvalue weighted by atomic mass is 10.8. The van der Waals surface area contributed by atoms with Crippen molar-refractivity contribution >= 4 is 25.5 Å². The topological polar surface area (TPSA) is 149 Å². The molecule has 0 radical (unpaired) electrons. The lowest BCUT2D eigenvalue weighted by Crippen LogP contribution is -1.98. The monoisotopic (exact) mass is 212 g/mol. The predicted octanol–water partition coefficient (Wildman–Crippen LogP) is -2.24. The summed E-state index contributed by atoms with van der Waals surface area (Å²) in [6.45, 7) is 0.611. The Hall–Kier alpha value is -1.80. The number of carboxylic acid groups (broad SMARTS) is 2. The summed E-state index contributed by atoms with van der Waals surface area (Å²) in [5.74, 6) is -1.19. The number of rotatable bonds is 2. The molecular weight excluding hydrogens is 200 g/mol. The minimum Gasteiger partial charge on any atom is -0.483 e. The van der Waals surface area contributed by atoms with Gasteiger partial charge in [0.15, 0.2) is 0 Å². The van der Waals surface area contributed by atoms with Crippen LogP contribution >= 0.6 is 0 Å². The zero-order valence-corrected chi connectivity index (χ0v) is 7.20. The van der Waals surface area contributed by atoms with Gasteiger partial charge in [-0.05, 0) is 0 Å². The number of aliphatic hydroxyl groups is 2. The molecule has 0 spiro atoms. The lowest BCUT2D eigenvalue weighted by molar-refractivity contribution is -0.140. The van der Waals surface area contributed by atoms with Crippen molar-refractivity contribution in [3.05, 3.63) is 0 Å². The standard InChI is InChI=1S/C2H4O3.C2H4O2.CH2O2.CH2O/c3-1-2(4)5;3-1-2-4;2-1-3;1-2/h3H,1H2,(H,4,5);1,4H,2H2;1H,(H,2,3);1H2. The molecule has 0 aliphatic rings. The molecule has 0 bridgehead atoms. The third kappa shape index (κ3) is 600. The molecule has 0 atom stereocenters. The van der Waals surface area contributed by atoms with Crippen LogP contribution in [0.15, 0.2) is 0 Å². The number of aliphatic carboxylic acids is 1. The van der Waals surface area contributed by atoms with Gasteiger partial charge >= 0.3 is 5.97 Å². The highest BCUT2D eigenvalue weighted by molar-refractivity contribution is 5.67. The molecule has 8 nitrogen and oxygen atoms in total. The molecule has 0 rings (SSSR count). The van der Waals surface area contributed by atoms with Gasteiger partial charge in [-0.15, -0.1) is 0 Å². The fourth-order valence-electron chi connectivity index (χ4n) is 0. The molecule has 0 aliphatic heterocycles. The van der Waals surface area contributed by atoms with Crippen molar-refractivity contribution in [3.8, 4) is 0 Å². The number of carboxylic acids is 1. The molecule has 0 unspecified atom stereocenters. The summed E-state index contributed by atoms with van der Waals surface area (Å²) >= 11 is 0. The molecular formula is C6H12O8. The van der Waals surface area contributed by atoms with E-state index in [1.807, 2.05) is 6.79 Å². The quantitative estimate of drug-likeness (QED) is 0.375. The van der Waals surface area contributed by atoms with Gasteiger partial charge in [0.05, 0.1) is 6.61 Å². The molecule has 0 saturated carbocycles. The van der Waals surface area contributed by atoms with Crippen molar-refractivity contribution in [1.82, 2.24) is 0 Å². The molecule has 4 N–H and O–H groups in total. The van der Waals surface area contributed by atoms with E-state index in [0.29, 0.717) is 6.29 Å². The molecule has 8 heteroatoms. The van der Waals surface area contributed by atoms with E-state index in [0.717, 1.165) is 0 Å². The Morgan fingerprint density at radius 2 is 1.36 bits per heavy atom. The van der Waals surface area contributed by atoms with Gasteiger partial charge in [-0.1, -0.05) is 0 Å². The van der Waals surface area contributed by atoms with Gasteiger partial charge in [0, 0.05) is 0 Å². The maximum atomic E-state index is 9.12. The van der Waals surface area contributed by atoms with Gasteiger partial charge in [0.2, 0.25) is 0 Å². The number of hydrogen-bond acceptors (Lipinski definition) is 6. The number of hydrogen-bond donors (Lipinski definition) is 4. The Labute approximate surface area is 79.4 Å². The first-order valence-electron chi connectivity index (χ1n) is 2.84. The first-order chi connectivity index (χ1) is 6.60. The molecule has 0 aromatic rings. The van der Waals surface area contributed by atoms with Crippen LogP contribution in [0, 0.1) is 0 Å². The lowest BCUT2D eigenvalue weighted by Gasteiger charge is -1.72. The summed E-state index contributed by atoms with van der Waals surface area (Å²) in [4.78, 5) is 34.4. The molecule has 0 amide bonds. The van der Waals surface area contributed by atoms with Crippen molar-refractivity contribution in [1.29, 1.82) is 0 Å². The Morgan fingerprint density at radius 1 is 1.21 bits per heavy atom. The second-order valence-electron chi connectivity index (χ2n) is 1.01. The first kappa shape index (κ1) is 22.8. The van der Waals surface area contributed by atoms with Crippen LogP contribution in [0.3, 0.4) is 0 Å². The second-order valence-corrected chi connectivity index (χ2v) is 1.01. The number of aldehydes is 1. The summed E-state index contributed by atoms with van der Waals surface area (Å²) in [6.07, 6.45) is 0.431. The van der Waals surface area contributed by atoms with Gasteiger partial charge in [-0.3, -0.25) is 4.79 Å². The van der Waals surface area contributed by atoms with Gasteiger partial charge < -0.3 is 30.0 Å². The van der Waals surface area contributed by atoms with E-state index in [2.05, 4.69) is 0 Å². The van der Waals surface area contributed by atoms with Crippen molar-refractivity contribution in [3.63, 3.8) is 0 Å². The average molecular weight is 212 g/mol. The summed E-state index contributed by atoms with van der Waals surface area (Å²) in [7, 11) is 0. The van der Waals surface area contributed by atoms with Gasteiger partial charge in [0.1, 0.15) is 19.7 Å². The molecule has 0 aliphatic carbocycles. The molecule has 0 aromatic carbocycles. The van der Waals surface area contributed by atoms with Crippen LogP contribution in [-0.4, -0.2) is 59.2 Å². The van der Waals surface area contributed by atoms with Crippen LogP contribution in [0.5, 0.6) is 0 Å². The fourth-order valence-corrected chi connectivity index (χ4v) is 0. The molecule has 14 heavy (non-hydrogen) atoms. The van der Waals surface area contributed by atoms with Crippen LogP contribution in [0.4, 0.5) is 0 Å². The van der Waals surface area contributed by atoms with E-state index in [-0.39, 0.29) is 13.1 Å². The van der Waals surface area contributed by atoms with Gasteiger partial charge in [0.25, 0.3) is 6.47 Å². The second kappa shape index (κ2) is 43.1. The van der Waals surface area contributed by atoms with Crippen LogP contribution in [-0.2, 0) is 19.2 Å². The third-order valence-electron chi connectivity index (χ3n) is 0.210. The highest BCUT2D eigenvalue weighted by Gasteiger charge is 1.82. The number of carbonyl (C=O) groups excluding carboxylic acids is 2. The SMILES string of the molecule is C=O.O=C(O)CO.O=CCO.O=CO. The number of aliphatic hydroxyl groups excluding tert-OH is 2. The summed E-state index contributed by atoms with van der Waals surface area (Å²) in [6, 6.07) is 0. The summed E-state index contributed by atoms with van der Waals surface area (Å²) in [5, 5.41) is 29.4. The smallest absolute Gasteiger partial charge is 0.329 e. The summed E-state index contributed by atoms with van der Waals surface area (Å²) < 4.78 is 0. The Morgan fingerprint density at radius 3 is 1.36 bits per heavy atom. The molecule has 0 aromatic heterocycles. The highest BCUT2D eigenvalue weighted by atomic mass is 16.4. The van der Waals surface area contributed by atoms with Gasteiger partial charge in [-0.2, -0.15) is 0 Å². The van der Waals surface area contributed by atoms with Crippen LogP contribution < -0.4 is 0 Å². The molecule has 0 fully saturated rings. The largest absolute Gasteiger partial charge is 0.483 e. The van der Waals surface area contributed by atoms with Crippen molar-refractivity contribution in [2.24, 2.45) is 0 Å². The number of carbonyl (C=O) groups is 4. The predicted molar refractivity (Wildman–Crippen MR) is 43.7 cm³/mol. The van der Waals surface area contributed by atoms with E-state index >= 15 is 0 Å². The Balaban J connectivity index is -0.0000000505. The van der Waals surface area contributed by atoms with E-state index in [1.54, 1.807) is 0 Å². The average Bonchev–Trinajstić information content (AvgIpc) is 2.22. The van der Waals surface area contributed by atoms with E-state index in [1.165, 1.54) is 0 Å². The zero-order chi connectivity index (χ0) is 12.4. The third-order valence-corrected chi connectivity index (χ3v) is 0.210. The molecule has 0 saturated heterocycles. The Bertz CT molecular complexity index is 123. The van der Waals surface area contributed by atoms with Gasteiger partial charge in [-0.25, -0.2) is 4.79 Å². The van der Waals surface area contributed by atoms with Crippen LogP contribution in [0.25, 0.3) is 0 Å². The fraction of sp³-hybridized carbons (Fsp3) is 0.333. The minimum absolute atomic E-state index is 0.250. The van der Waals surface area contributed by atoms with Crippen LogP contribution in [0.2, 0.25) is 0 Å². The van der Waals surface area contributed by atoms with E-state index in [4.69, 9.17) is 39.6 Å². The normalized spacial score (nSPS) is 5.57. The Kier molecular flexibility index (Phi) is 70.1. The van der Waals surface area contributed by atoms with Crippen molar-refractivity contribution in [2.75, 3.05) is 13.2 Å². The minimum atomic E-state index is -1.19.